The number of amides is 3. The largest absolute Gasteiger partial charge is 0.398 e. The molecule has 1 aromatic carbocycles. The number of carbonyl (C=O) groups is 3. The van der Waals surface area contributed by atoms with E-state index in [1.54, 1.807) is 17.0 Å². The highest BCUT2D eigenvalue weighted by atomic mass is 19.1. The lowest BCUT2D eigenvalue weighted by molar-refractivity contribution is -0.136. The van der Waals surface area contributed by atoms with E-state index in [0.717, 1.165) is 4.90 Å². The highest BCUT2D eigenvalue weighted by Crippen LogP contribution is 2.30. The molecule has 0 saturated heterocycles. The van der Waals surface area contributed by atoms with Crippen LogP contribution in [0.2, 0.25) is 0 Å². The molecule has 0 aliphatic carbocycles. The van der Waals surface area contributed by atoms with Gasteiger partial charge in [0.15, 0.2) is 0 Å². The van der Waals surface area contributed by atoms with Gasteiger partial charge in [-0.05, 0) is 37.1 Å². The number of nitrogens with two attached hydrogens (primary N) is 2. The molecule has 0 aromatic heterocycles. The van der Waals surface area contributed by atoms with Gasteiger partial charge in [0, 0.05) is 30.4 Å². The molecule has 1 aromatic rings. The van der Waals surface area contributed by atoms with Crippen LogP contribution in [0.1, 0.15) is 18.4 Å². The van der Waals surface area contributed by atoms with Gasteiger partial charge >= 0.3 is 0 Å². The van der Waals surface area contributed by atoms with Crippen LogP contribution in [0.25, 0.3) is 5.70 Å². The van der Waals surface area contributed by atoms with E-state index < -0.39 is 17.6 Å². The Bertz CT molecular complexity index is 967. The van der Waals surface area contributed by atoms with Crippen LogP contribution < -0.4 is 16.8 Å². The van der Waals surface area contributed by atoms with E-state index in [9.17, 15) is 18.8 Å². The summed E-state index contributed by atoms with van der Waals surface area (Å²) in [5, 5.41) is 2.50. The minimum atomic E-state index is -0.466. The minimum Gasteiger partial charge on any atom is -0.398 e. The number of allylic oxidation sites excluding steroid dienone is 2. The van der Waals surface area contributed by atoms with Crippen molar-refractivity contribution >= 4 is 23.4 Å². The molecular weight excluding hydrogens is 377 g/mol. The molecule has 2 heterocycles. The summed E-state index contributed by atoms with van der Waals surface area (Å²) in [7, 11) is 1.42. The Morgan fingerprint density at radius 1 is 1.21 bits per heavy atom. The quantitative estimate of drug-likeness (QED) is 0.486. The third kappa shape index (κ3) is 4.13. The average molecular weight is 399 g/mol. The fourth-order valence-electron chi connectivity index (χ4n) is 3.33. The second-order valence-corrected chi connectivity index (χ2v) is 6.79. The fraction of sp³-hybridized carbons (Fsp3) is 0.250. The molecule has 3 rings (SSSR count). The van der Waals surface area contributed by atoms with Crippen molar-refractivity contribution in [2.24, 2.45) is 11.5 Å². The smallest absolute Gasteiger partial charge is 0.277 e. The zero-order chi connectivity index (χ0) is 21.1. The van der Waals surface area contributed by atoms with Crippen LogP contribution in [-0.4, -0.2) is 47.7 Å². The van der Waals surface area contributed by atoms with Crippen molar-refractivity contribution < 1.29 is 18.8 Å². The van der Waals surface area contributed by atoms with Gasteiger partial charge < -0.3 is 21.7 Å². The maximum atomic E-state index is 13.7. The maximum Gasteiger partial charge on any atom is 0.277 e. The Morgan fingerprint density at radius 3 is 2.66 bits per heavy atom. The number of nitrogens with one attached hydrogen (secondary N) is 1. The normalized spacial score (nSPS) is 17.7. The van der Waals surface area contributed by atoms with Crippen LogP contribution in [0.5, 0.6) is 0 Å². The van der Waals surface area contributed by atoms with Gasteiger partial charge in [0.05, 0.1) is 6.54 Å². The molecular formula is C20H22FN5O3. The van der Waals surface area contributed by atoms with Crippen LogP contribution in [0, 0.1) is 5.82 Å². The van der Waals surface area contributed by atoms with Gasteiger partial charge in [0.1, 0.15) is 17.3 Å². The highest BCUT2D eigenvalue weighted by molar-refractivity contribution is 6.19. The number of nitrogens with zero attached hydrogens (tertiary/aromatic N) is 2. The molecule has 0 atom stereocenters. The molecule has 5 N–H and O–H groups in total. The molecule has 0 fully saturated rings. The molecule has 0 radical (unpaired) electrons. The van der Waals surface area contributed by atoms with Crippen molar-refractivity contribution in [1.29, 1.82) is 0 Å². The standard InChI is InChI=1S/C20H22FN5O3/c1-25-19(28)13-6-4-10-26(18(13)20(25)29)11-17(27)24-16(23)9-8-15(22)12-5-2-3-7-14(12)21/h2-3,5,7-9H,4,6,10-11,22-23H2,1H3,(H,24,27)/b15-8-,16-9+. The Labute approximate surface area is 167 Å². The molecule has 0 bridgehead atoms. The van der Waals surface area contributed by atoms with Gasteiger partial charge in [0.2, 0.25) is 5.91 Å². The van der Waals surface area contributed by atoms with E-state index in [1.807, 2.05) is 0 Å². The molecule has 152 valence electrons. The lowest BCUT2D eigenvalue weighted by Gasteiger charge is -2.28. The van der Waals surface area contributed by atoms with Crippen molar-refractivity contribution in [2.45, 2.75) is 12.8 Å². The third-order valence-corrected chi connectivity index (χ3v) is 4.77. The van der Waals surface area contributed by atoms with E-state index >= 15 is 0 Å². The molecule has 2 aliphatic heterocycles. The number of benzene rings is 1. The number of rotatable bonds is 5. The first-order valence-corrected chi connectivity index (χ1v) is 9.07. The Balaban J connectivity index is 1.65. The van der Waals surface area contributed by atoms with E-state index in [4.69, 9.17) is 11.5 Å². The summed E-state index contributed by atoms with van der Waals surface area (Å²) in [6, 6.07) is 6.03. The second kappa shape index (κ2) is 8.17. The molecule has 2 aliphatic rings. The molecule has 0 unspecified atom stereocenters. The first-order chi connectivity index (χ1) is 13.8. The topological polar surface area (TPSA) is 122 Å². The first kappa shape index (κ1) is 20.1. The molecule has 0 saturated carbocycles. The molecule has 8 nitrogen and oxygen atoms in total. The average Bonchev–Trinajstić information content (AvgIpc) is 2.91. The Kier molecular flexibility index (Phi) is 5.67. The van der Waals surface area contributed by atoms with E-state index in [0.29, 0.717) is 25.0 Å². The molecule has 0 spiro atoms. The van der Waals surface area contributed by atoms with Gasteiger partial charge in [-0.1, -0.05) is 12.1 Å². The minimum absolute atomic E-state index is 0.0199. The van der Waals surface area contributed by atoms with Gasteiger partial charge in [-0.3, -0.25) is 19.3 Å². The molecule has 3 amide bonds. The Morgan fingerprint density at radius 2 is 1.93 bits per heavy atom. The monoisotopic (exact) mass is 399 g/mol. The lowest BCUT2D eigenvalue weighted by Crippen LogP contribution is -2.41. The van der Waals surface area contributed by atoms with Crippen molar-refractivity contribution in [3.8, 4) is 0 Å². The summed E-state index contributed by atoms with van der Waals surface area (Å²) in [5.41, 5.74) is 12.8. The molecule has 9 heteroatoms. The predicted octanol–water partition coefficient (Wildman–Crippen LogP) is 0.390. The SMILES string of the molecule is CN1C(=O)C2=C(C1=O)N(CC(=O)N/C(N)=C/C=C(\N)c1ccccc1F)CCC2. The van der Waals surface area contributed by atoms with Crippen LogP contribution in [0.15, 0.2) is 53.5 Å². The van der Waals surface area contributed by atoms with Crippen molar-refractivity contribution in [3.05, 3.63) is 64.9 Å². The Hall–Kier alpha value is -3.62. The van der Waals surface area contributed by atoms with Crippen molar-refractivity contribution in [1.82, 2.24) is 15.1 Å². The lowest BCUT2D eigenvalue weighted by atomic mass is 10.0. The summed E-state index contributed by atoms with van der Waals surface area (Å²) < 4.78 is 13.7. The van der Waals surface area contributed by atoms with Gasteiger partial charge in [0.25, 0.3) is 11.8 Å². The zero-order valence-electron chi connectivity index (χ0n) is 15.9. The first-order valence-electron chi connectivity index (χ1n) is 9.07. The van der Waals surface area contributed by atoms with E-state index in [-0.39, 0.29) is 35.2 Å². The van der Waals surface area contributed by atoms with Crippen LogP contribution >= 0.6 is 0 Å². The van der Waals surface area contributed by atoms with E-state index in [1.165, 1.54) is 31.3 Å². The number of hydrogen-bond acceptors (Lipinski definition) is 6. The predicted molar refractivity (Wildman–Crippen MR) is 105 cm³/mol. The van der Waals surface area contributed by atoms with Gasteiger partial charge in [-0.2, -0.15) is 0 Å². The van der Waals surface area contributed by atoms with Crippen molar-refractivity contribution in [3.63, 3.8) is 0 Å². The number of halogens is 1. The van der Waals surface area contributed by atoms with Crippen molar-refractivity contribution in [2.75, 3.05) is 20.1 Å². The summed E-state index contributed by atoms with van der Waals surface area (Å²) >= 11 is 0. The summed E-state index contributed by atoms with van der Waals surface area (Å²) in [6.07, 6.45) is 3.94. The summed E-state index contributed by atoms with van der Waals surface area (Å²) in [5.74, 6) is -1.61. The van der Waals surface area contributed by atoms with Crippen LogP contribution in [0.3, 0.4) is 0 Å². The van der Waals surface area contributed by atoms with Crippen LogP contribution in [-0.2, 0) is 14.4 Å². The fourth-order valence-corrected chi connectivity index (χ4v) is 3.33. The number of imide groups is 1. The third-order valence-electron chi connectivity index (χ3n) is 4.77. The highest BCUT2D eigenvalue weighted by Gasteiger charge is 2.40. The summed E-state index contributed by atoms with van der Waals surface area (Å²) in [4.78, 5) is 39.4. The van der Waals surface area contributed by atoms with Crippen LogP contribution in [0.4, 0.5) is 4.39 Å². The van der Waals surface area contributed by atoms with E-state index in [2.05, 4.69) is 5.32 Å². The number of carbonyl (C=O) groups excluding carboxylic acids is 3. The summed E-state index contributed by atoms with van der Waals surface area (Å²) in [6.45, 7) is 0.371. The number of hydrogen-bond donors (Lipinski definition) is 3. The zero-order valence-corrected chi connectivity index (χ0v) is 15.9. The molecule has 29 heavy (non-hydrogen) atoms. The maximum absolute atomic E-state index is 13.7. The van der Waals surface area contributed by atoms with Gasteiger partial charge in [-0.25, -0.2) is 4.39 Å². The second-order valence-electron chi connectivity index (χ2n) is 6.79. The van der Waals surface area contributed by atoms with Gasteiger partial charge in [-0.15, -0.1) is 0 Å². The number of likely N-dealkylation sites (N-methyl/N-ethyl adjacent to an activating group) is 1.